The van der Waals surface area contributed by atoms with E-state index >= 15 is 0 Å². The van der Waals surface area contributed by atoms with Gasteiger partial charge in [0, 0.05) is 17.7 Å². The van der Waals surface area contributed by atoms with E-state index in [2.05, 4.69) is 5.32 Å². The molecular weight excluding hydrogens is 378 g/mol. The highest BCUT2D eigenvalue weighted by Gasteiger charge is 2.32. The number of esters is 1. The van der Waals surface area contributed by atoms with Crippen LogP contribution in [0.3, 0.4) is 0 Å². The Balaban J connectivity index is 1.71. The van der Waals surface area contributed by atoms with Crippen LogP contribution in [0.25, 0.3) is 0 Å². The fourth-order valence-corrected chi connectivity index (χ4v) is 5.06. The third kappa shape index (κ3) is 5.42. The number of nitrogens with one attached hydrogen (secondary N) is 1. The van der Waals surface area contributed by atoms with Gasteiger partial charge in [-0.25, -0.2) is 8.42 Å². The van der Waals surface area contributed by atoms with Crippen molar-refractivity contribution in [3.63, 3.8) is 0 Å². The summed E-state index contributed by atoms with van der Waals surface area (Å²) < 4.78 is 28.6. The van der Waals surface area contributed by atoms with E-state index in [9.17, 15) is 18.0 Å². The van der Waals surface area contributed by atoms with E-state index in [4.69, 9.17) is 4.74 Å². The molecular formula is C21H23NO5S. The first-order chi connectivity index (χ1) is 13.3. The lowest BCUT2D eigenvalue weighted by Gasteiger charge is -2.19. The van der Waals surface area contributed by atoms with Crippen molar-refractivity contribution in [1.82, 2.24) is 0 Å². The normalized spacial score (nSPS) is 19.0. The maximum absolute atomic E-state index is 12.8. The number of anilines is 1. The molecule has 7 heteroatoms. The van der Waals surface area contributed by atoms with Crippen LogP contribution in [0.4, 0.5) is 5.69 Å². The number of amides is 1. The van der Waals surface area contributed by atoms with Crippen molar-refractivity contribution in [1.29, 1.82) is 0 Å². The first kappa shape index (κ1) is 20.1. The minimum Gasteiger partial charge on any atom is -0.447 e. The molecule has 3 rings (SSSR count). The minimum absolute atomic E-state index is 0.00628. The Morgan fingerprint density at radius 1 is 1.11 bits per heavy atom. The summed E-state index contributed by atoms with van der Waals surface area (Å²) in [4.78, 5) is 25.2. The number of hydrogen-bond donors (Lipinski definition) is 1. The Labute approximate surface area is 164 Å². The molecule has 2 atom stereocenters. The van der Waals surface area contributed by atoms with Gasteiger partial charge >= 0.3 is 5.97 Å². The van der Waals surface area contributed by atoms with E-state index in [1.54, 1.807) is 36.4 Å². The van der Waals surface area contributed by atoms with Crippen molar-refractivity contribution < 1.29 is 22.7 Å². The molecule has 1 aliphatic heterocycles. The fraction of sp³-hybridized carbons (Fsp3) is 0.333. The molecule has 2 unspecified atom stereocenters. The standard InChI is InChI=1S/C21H23NO5S/c1-15-7-9-18(10-8-15)22-21(24)20(17-5-3-2-4-6-17)27-19(23)13-16-11-12-28(25,26)14-16/h2-10,16,20H,11-14H2,1H3,(H,22,24). The Morgan fingerprint density at radius 3 is 2.39 bits per heavy atom. The van der Waals surface area contributed by atoms with Gasteiger partial charge in [0.15, 0.2) is 9.84 Å². The molecule has 0 radical (unpaired) electrons. The molecule has 2 aromatic carbocycles. The lowest BCUT2D eigenvalue weighted by atomic mass is 10.1. The van der Waals surface area contributed by atoms with Gasteiger partial charge in [-0.2, -0.15) is 0 Å². The average molecular weight is 401 g/mol. The molecule has 0 aliphatic carbocycles. The molecule has 6 nitrogen and oxygen atoms in total. The molecule has 0 bridgehead atoms. The van der Waals surface area contributed by atoms with Crippen LogP contribution in [0.2, 0.25) is 0 Å². The number of hydrogen-bond acceptors (Lipinski definition) is 5. The summed E-state index contributed by atoms with van der Waals surface area (Å²) in [6.45, 7) is 1.95. The first-order valence-electron chi connectivity index (χ1n) is 9.15. The highest BCUT2D eigenvalue weighted by Crippen LogP contribution is 2.25. The average Bonchev–Trinajstić information content (AvgIpc) is 3.00. The van der Waals surface area contributed by atoms with Crippen molar-refractivity contribution in [2.75, 3.05) is 16.8 Å². The van der Waals surface area contributed by atoms with Gasteiger partial charge in [-0.15, -0.1) is 0 Å². The molecule has 1 saturated heterocycles. The Hall–Kier alpha value is -2.67. The second-order valence-electron chi connectivity index (χ2n) is 7.11. The van der Waals surface area contributed by atoms with E-state index in [1.807, 2.05) is 25.1 Å². The van der Waals surface area contributed by atoms with Crippen LogP contribution in [-0.2, 0) is 24.2 Å². The molecule has 1 aliphatic rings. The van der Waals surface area contributed by atoms with Crippen molar-refractivity contribution >= 4 is 27.4 Å². The van der Waals surface area contributed by atoms with Crippen LogP contribution < -0.4 is 5.32 Å². The van der Waals surface area contributed by atoms with Crippen molar-refractivity contribution in [3.05, 3.63) is 65.7 Å². The zero-order valence-electron chi connectivity index (χ0n) is 15.6. The summed E-state index contributed by atoms with van der Waals surface area (Å²) in [7, 11) is -3.07. The monoisotopic (exact) mass is 401 g/mol. The van der Waals surface area contributed by atoms with E-state index in [0.29, 0.717) is 17.7 Å². The third-order valence-corrected chi connectivity index (χ3v) is 6.53. The van der Waals surface area contributed by atoms with Gasteiger partial charge in [-0.05, 0) is 31.4 Å². The maximum Gasteiger partial charge on any atom is 0.307 e. The predicted octanol–water partition coefficient (Wildman–Crippen LogP) is 3.04. The zero-order valence-corrected chi connectivity index (χ0v) is 16.4. The van der Waals surface area contributed by atoms with E-state index in [1.165, 1.54) is 0 Å². The molecule has 0 saturated carbocycles. The van der Waals surface area contributed by atoms with E-state index in [-0.39, 0.29) is 23.8 Å². The van der Waals surface area contributed by atoms with Crippen LogP contribution in [0.1, 0.15) is 30.1 Å². The van der Waals surface area contributed by atoms with E-state index in [0.717, 1.165) is 5.56 Å². The molecule has 2 aromatic rings. The van der Waals surface area contributed by atoms with Crippen LogP contribution in [0.15, 0.2) is 54.6 Å². The summed E-state index contributed by atoms with van der Waals surface area (Å²) in [6.07, 6.45) is -0.670. The summed E-state index contributed by atoms with van der Waals surface area (Å²) in [5.74, 6) is -1.19. The molecule has 1 amide bonds. The molecule has 0 spiro atoms. The van der Waals surface area contributed by atoms with Crippen molar-refractivity contribution in [3.8, 4) is 0 Å². The number of ether oxygens (including phenoxy) is 1. The van der Waals surface area contributed by atoms with Gasteiger partial charge in [0.1, 0.15) is 0 Å². The number of sulfone groups is 1. The highest BCUT2D eigenvalue weighted by molar-refractivity contribution is 7.91. The number of carbonyl (C=O) groups excluding carboxylic acids is 2. The highest BCUT2D eigenvalue weighted by atomic mass is 32.2. The van der Waals surface area contributed by atoms with Crippen LogP contribution >= 0.6 is 0 Å². The number of rotatable bonds is 6. The zero-order chi connectivity index (χ0) is 20.1. The van der Waals surface area contributed by atoms with E-state index < -0.39 is 27.8 Å². The van der Waals surface area contributed by atoms with Gasteiger partial charge in [0.05, 0.1) is 11.5 Å². The Bertz CT molecular complexity index is 939. The van der Waals surface area contributed by atoms with Crippen LogP contribution in [0, 0.1) is 12.8 Å². The topological polar surface area (TPSA) is 89.5 Å². The fourth-order valence-electron chi connectivity index (χ4n) is 3.19. The van der Waals surface area contributed by atoms with Crippen molar-refractivity contribution in [2.45, 2.75) is 25.9 Å². The smallest absolute Gasteiger partial charge is 0.307 e. The lowest BCUT2D eigenvalue weighted by molar-refractivity contribution is -0.155. The number of carbonyl (C=O) groups is 2. The maximum atomic E-state index is 12.8. The Kier molecular flexibility index (Phi) is 6.14. The Morgan fingerprint density at radius 2 is 1.79 bits per heavy atom. The minimum atomic E-state index is -3.07. The molecule has 1 heterocycles. The molecule has 148 valence electrons. The largest absolute Gasteiger partial charge is 0.447 e. The quantitative estimate of drug-likeness (QED) is 0.752. The van der Waals surface area contributed by atoms with Gasteiger partial charge in [0.2, 0.25) is 6.10 Å². The van der Waals surface area contributed by atoms with Gasteiger partial charge in [0.25, 0.3) is 5.91 Å². The van der Waals surface area contributed by atoms with Crippen LogP contribution in [0.5, 0.6) is 0 Å². The predicted molar refractivity (Wildman–Crippen MR) is 106 cm³/mol. The molecule has 28 heavy (non-hydrogen) atoms. The third-order valence-electron chi connectivity index (χ3n) is 4.69. The SMILES string of the molecule is Cc1ccc(NC(=O)C(OC(=O)CC2CCS(=O)(=O)C2)c2ccccc2)cc1. The summed E-state index contributed by atoms with van der Waals surface area (Å²) in [5.41, 5.74) is 2.23. The lowest BCUT2D eigenvalue weighted by Crippen LogP contribution is -2.26. The van der Waals surface area contributed by atoms with Gasteiger partial charge < -0.3 is 10.1 Å². The van der Waals surface area contributed by atoms with Crippen LogP contribution in [-0.4, -0.2) is 31.8 Å². The number of benzene rings is 2. The van der Waals surface area contributed by atoms with Gasteiger partial charge in [-0.1, -0.05) is 48.0 Å². The second kappa shape index (κ2) is 8.56. The first-order valence-corrected chi connectivity index (χ1v) is 11.0. The summed E-state index contributed by atoms with van der Waals surface area (Å²) in [6, 6.07) is 16.1. The van der Waals surface area contributed by atoms with Crippen molar-refractivity contribution in [2.24, 2.45) is 5.92 Å². The molecule has 0 aromatic heterocycles. The second-order valence-corrected chi connectivity index (χ2v) is 9.34. The molecule has 1 fully saturated rings. The van der Waals surface area contributed by atoms with Gasteiger partial charge in [-0.3, -0.25) is 9.59 Å². The summed E-state index contributed by atoms with van der Waals surface area (Å²) in [5, 5.41) is 2.77. The summed E-state index contributed by atoms with van der Waals surface area (Å²) >= 11 is 0. The number of aryl methyl sites for hydroxylation is 1. The molecule has 1 N–H and O–H groups in total.